The average Bonchev–Trinajstić information content (AvgIpc) is 3.36. The number of para-hydroxylation sites is 1. The van der Waals surface area contributed by atoms with Crippen LogP contribution >= 0.6 is 0 Å². The Hall–Kier alpha value is -6.30. The van der Waals surface area contributed by atoms with Gasteiger partial charge in [-0.1, -0.05) is 54.6 Å². The van der Waals surface area contributed by atoms with E-state index in [1.807, 2.05) is 53.4 Å². The molecule has 2 heterocycles. The van der Waals surface area contributed by atoms with Crippen LogP contribution in [0, 0.1) is 0 Å². The highest BCUT2D eigenvalue weighted by molar-refractivity contribution is 5.90. The summed E-state index contributed by atoms with van der Waals surface area (Å²) < 4.78 is 84.8. The fraction of sp³-hybridized carbons (Fsp3) is 0.407. The van der Waals surface area contributed by atoms with Gasteiger partial charge in [0.15, 0.2) is 0 Å². The molecular weight excluding hydrogens is 927 g/mol. The highest BCUT2D eigenvalue weighted by Crippen LogP contribution is 2.40. The van der Waals surface area contributed by atoms with Gasteiger partial charge in [-0.3, -0.25) is 5.32 Å². The number of piperidine rings is 2. The van der Waals surface area contributed by atoms with Gasteiger partial charge in [0.2, 0.25) is 0 Å². The number of alkyl halides is 6. The number of anilines is 4. The number of halogens is 6. The molecule has 5 aromatic carbocycles. The van der Waals surface area contributed by atoms with Gasteiger partial charge in [0, 0.05) is 74.9 Å². The zero-order chi connectivity index (χ0) is 50.5. The Morgan fingerprint density at radius 1 is 0.606 bits per heavy atom. The predicted octanol–water partition coefficient (Wildman–Crippen LogP) is 11.2. The first kappa shape index (κ1) is 52.5. The number of urea groups is 1. The number of amides is 3. The zero-order valence-corrected chi connectivity index (χ0v) is 39.6. The fourth-order valence-electron chi connectivity index (χ4n) is 9.52. The molecule has 2 fully saturated rings. The first-order chi connectivity index (χ1) is 34.0. The highest BCUT2D eigenvalue weighted by atomic mass is 19.4. The molecule has 2 aliphatic carbocycles. The van der Waals surface area contributed by atoms with Crippen LogP contribution in [0.25, 0.3) is 0 Å². The minimum atomic E-state index is -4.42. The summed E-state index contributed by atoms with van der Waals surface area (Å²) in [6.07, 6.45) is -0.125. The van der Waals surface area contributed by atoms with Gasteiger partial charge in [0.1, 0.15) is 5.75 Å². The van der Waals surface area contributed by atoms with E-state index in [1.165, 1.54) is 23.8 Å². The summed E-state index contributed by atoms with van der Waals surface area (Å²) in [4.78, 5) is 28.1. The Balaban J connectivity index is 0.000000165. The Labute approximate surface area is 410 Å². The normalized spacial score (nSPS) is 17.8. The average molecular weight is 989 g/mol. The molecule has 5 aromatic rings. The summed E-state index contributed by atoms with van der Waals surface area (Å²) >= 11 is 0. The van der Waals surface area contributed by atoms with Crippen molar-refractivity contribution in [1.29, 1.82) is 0 Å². The van der Waals surface area contributed by atoms with Crippen LogP contribution in [0.3, 0.4) is 0 Å². The van der Waals surface area contributed by atoms with Crippen LogP contribution in [0.15, 0.2) is 103 Å². The summed E-state index contributed by atoms with van der Waals surface area (Å²) in [6, 6.07) is 28.2. The molecule has 0 bridgehead atoms. The molecule has 3 amide bonds. The maximum Gasteiger partial charge on any atom is 0.418 e. The number of hydrogen-bond donors (Lipinski definition) is 6. The van der Waals surface area contributed by atoms with Gasteiger partial charge in [-0.2, -0.15) is 26.3 Å². The second-order valence-electron chi connectivity index (χ2n) is 18.3. The number of nitrogens with zero attached hydrogens (tertiary/aromatic N) is 2. The number of carbonyl (C=O) groups is 2. The van der Waals surface area contributed by atoms with Crippen LogP contribution in [-0.4, -0.2) is 60.7 Å². The van der Waals surface area contributed by atoms with E-state index in [4.69, 9.17) is 10.5 Å². The van der Waals surface area contributed by atoms with Gasteiger partial charge in [-0.05, 0) is 146 Å². The lowest BCUT2D eigenvalue weighted by atomic mass is 9.88. The van der Waals surface area contributed by atoms with E-state index < -0.39 is 41.7 Å². The summed E-state index contributed by atoms with van der Waals surface area (Å²) in [5.41, 5.74) is 11.7. The van der Waals surface area contributed by atoms with Crippen molar-refractivity contribution in [1.82, 2.24) is 5.32 Å². The zero-order valence-electron chi connectivity index (χ0n) is 39.6. The number of aliphatic hydroxyl groups is 2. The fourth-order valence-corrected chi connectivity index (χ4v) is 9.52. The smallest absolute Gasteiger partial charge is 0.410 e. The molecule has 4 aliphatic rings. The minimum absolute atomic E-state index is 0.114. The number of fused-ring (bicyclic) bond motifs is 2. The predicted molar refractivity (Wildman–Crippen MR) is 264 cm³/mol. The highest BCUT2D eigenvalue weighted by Gasteiger charge is 2.36. The molecule has 2 aliphatic heterocycles. The number of aliphatic hydroxyl groups excluding tert-OH is 2. The molecule has 2 unspecified atom stereocenters. The van der Waals surface area contributed by atoms with Crippen LogP contribution in [-0.2, 0) is 51.1 Å². The number of ether oxygens (including phenoxy) is 1. The number of nitrogens with two attached hydrogens (primary N) is 1. The van der Waals surface area contributed by atoms with E-state index >= 15 is 0 Å². The lowest BCUT2D eigenvalue weighted by Crippen LogP contribution is -2.32. The molecule has 2 atom stereocenters. The first-order valence-electron chi connectivity index (χ1n) is 24.3. The Kier molecular flexibility index (Phi) is 17.9. The van der Waals surface area contributed by atoms with E-state index in [1.54, 1.807) is 29.2 Å². The van der Waals surface area contributed by atoms with Crippen molar-refractivity contribution in [2.45, 2.75) is 115 Å². The van der Waals surface area contributed by atoms with Crippen molar-refractivity contribution in [3.63, 3.8) is 0 Å². The second kappa shape index (κ2) is 24.2. The number of hydrogen-bond acceptors (Lipinski definition) is 8. The van der Waals surface area contributed by atoms with Crippen molar-refractivity contribution in [3.05, 3.63) is 148 Å². The van der Waals surface area contributed by atoms with Crippen molar-refractivity contribution in [3.8, 4) is 5.75 Å². The van der Waals surface area contributed by atoms with Crippen LogP contribution in [0.4, 0.5) is 58.7 Å². The third-order valence-electron chi connectivity index (χ3n) is 13.2. The third kappa shape index (κ3) is 14.6. The summed E-state index contributed by atoms with van der Waals surface area (Å²) in [5, 5.41) is 28.1. The lowest BCUT2D eigenvalue weighted by molar-refractivity contribution is -0.138. The SMILES string of the molecule is NCc1ccc(C(F)(F)F)c(N2CCCCC2)c1.O=C(NCc1ccc(C(F)(F)F)c(N2CCCCC2)c1)Nc1cccc2c1CC(O)CC2.O=C(Nc1cccc2c1CC(O)CC2)Oc1ccccc1. The molecule has 2 saturated heterocycles. The van der Waals surface area contributed by atoms with E-state index in [9.17, 15) is 46.1 Å². The first-order valence-corrected chi connectivity index (χ1v) is 24.3. The van der Waals surface area contributed by atoms with Crippen molar-refractivity contribution in [2.75, 3.05) is 46.6 Å². The third-order valence-corrected chi connectivity index (χ3v) is 13.2. The summed E-state index contributed by atoms with van der Waals surface area (Å²) in [7, 11) is 0. The van der Waals surface area contributed by atoms with Crippen LogP contribution in [0.5, 0.6) is 5.75 Å². The molecule has 7 N–H and O–H groups in total. The van der Waals surface area contributed by atoms with Gasteiger partial charge in [-0.25, -0.2) is 9.59 Å². The van der Waals surface area contributed by atoms with Crippen LogP contribution < -0.4 is 36.2 Å². The van der Waals surface area contributed by atoms with E-state index in [0.29, 0.717) is 68.1 Å². The van der Waals surface area contributed by atoms with Gasteiger partial charge in [-0.15, -0.1) is 0 Å². The number of carbonyl (C=O) groups excluding carboxylic acids is 2. The molecular formula is C54H62F6N6O5. The van der Waals surface area contributed by atoms with Crippen molar-refractivity contribution < 1.29 is 50.9 Å². The lowest BCUT2D eigenvalue weighted by Gasteiger charge is -2.31. The van der Waals surface area contributed by atoms with E-state index in [2.05, 4.69) is 16.0 Å². The van der Waals surface area contributed by atoms with Crippen molar-refractivity contribution >= 4 is 34.9 Å². The Morgan fingerprint density at radius 2 is 1.08 bits per heavy atom. The number of benzene rings is 5. The van der Waals surface area contributed by atoms with Gasteiger partial charge >= 0.3 is 24.5 Å². The number of nitrogens with one attached hydrogen (secondary N) is 3. The minimum Gasteiger partial charge on any atom is -0.410 e. The van der Waals surface area contributed by atoms with E-state index in [0.717, 1.165) is 92.2 Å². The molecule has 380 valence electrons. The molecule has 0 spiro atoms. The molecule has 0 aromatic heterocycles. The van der Waals surface area contributed by atoms with Crippen LogP contribution in [0.2, 0.25) is 0 Å². The van der Waals surface area contributed by atoms with Crippen LogP contribution in [0.1, 0.15) is 95.9 Å². The topological polar surface area (TPSA) is 152 Å². The maximum absolute atomic E-state index is 13.5. The van der Waals surface area contributed by atoms with Crippen molar-refractivity contribution in [2.24, 2.45) is 5.73 Å². The Bertz CT molecular complexity index is 2570. The molecule has 0 radical (unpaired) electrons. The molecule has 11 nitrogen and oxygen atoms in total. The second-order valence-corrected chi connectivity index (χ2v) is 18.3. The quantitative estimate of drug-likeness (QED) is 0.0841. The summed E-state index contributed by atoms with van der Waals surface area (Å²) in [5.74, 6) is 0.500. The molecule has 71 heavy (non-hydrogen) atoms. The van der Waals surface area contributed by atoms with E-state index in [-0.39, 0.29) is 30.6 Å². The largest absolute Gasteiger partial charge is 0.418 e. The molecule has 17 heteroatoms. The Morgan fingerprint density at radius 3 is 1.58 bits per heavy atom. The maximum atomic E-state index is 13.5. The molecule has 9 rings (SSSR count). The molecule has 0 saturated carbocycles. The summed E-state index contributed by atoms with van der Waals surface area (Å²) in [6.45, 7) is 2.96. The van der Waals surface area contributed by atoms with Gasteiger partial charge in [0.05, 0.1) is 23.3 Å². The number of rotatable bonds is 8. The van der Waals surface area contributed by atoms with Gasteiger partial charge in [0.25, 0.3) is 0 Å². The monoisotopic (exact) mass is 988 g/mol. The number of aryl methyl sites for hydroxylation is 2. The van der Waals surface area contributed by atoms with Gasteiger partial charge < -0.3 is 41.1 Å². The standard InChI is InChI=1S/C24H28F3N3O2.C17H17NO3.C13H17F3N2/c25-24(26,27)20-10-7-16(13-22(20)30-11-2-1-3-12-30)15-28-23(32)29-21-6-4-5-17-8-9-18(31)14-19(17)21;19-13-10-9-12-5-4-8-16(15(12)11-13)18-17(20)21-14-6-2-1-3-7-14;14-13(15,16)11-5-4-10(9-17)8-12(11)18-6-2-1-3-7-18/h4-7,10,13,18,31H,1-3,8-9,11-12,14-15H2,(H2,28,29,32);1-8,13,19H,9-11H2,(H,18,20);4-5,8H,1-3,6-7,9,17H2.